The smallest absolute Gasteiger partial charge is 0.0165 e. The van der Waals surface area contributed by atoms with Gasteiger partial charge in [0.2, 0.25) is 0 Å². The molecule has 0 radical (unpaired) electrons. The van der Waals surface area contributed by atoms with E-state index in [1.54, 1.807) is 0 Å². The molecule has 0 heteroatoms. The van der Waals surface area contributed by atoms with Gasteiger partial charge >= 0.3 is 0 Å². The van der Waals surface area contributed by atoms with Crippen molar-refractivity contribution in [2.75, 3.05) is 0 Å². The molecule has 0 aliphatic heterocycles. The van der Waals surface area contributed by atoms with Crippen LogP contribution in [0.2, 0.25) is 0 Å². The summed E-state index contributed by atoms with van der Waals surface area (Å²) in [5.74, 6) is 0.778. The van der Waals surface area contributed by atoms with E-state index in [0.29, 0.717) is 0 Å². The minimum absolute atomic E-state index is 0.778. The van der Waals surface area contributed by atoms with Crippen molar-refractivity contribution < 1.29 is 0 Å². The molecule has 0 heterocycles. The minimum atomic E-state index is 0.778. The summed E-state index contributed by atoms with van der Waals surface area (Å²) in [6.07, 6.45) is 15.5. The van der Waals surface area contributed by atoms with Crippen molar-refractivity contribution >= 4 is 0 Å². The second-order valence-electron chi connectivity index (χ2n) is 6.13. The predicted molar refractivity (Wildman–Crippen MR) is 91.3 cm³/mol. The summed E-state index contributed by atoms with van der Waals surface area (Å²) in [5, 5.41) is 0. The molecule has 0 fully saturated rings. The van der Waals surface area contributed by atoms with Crippen molar-refractivity contribution in [1.82, 2.24) is 0 Å². The van der Waals surface area contributed by atoms with Crippen molar-refractivity contribution in [2.45, 2.75) is 90.4 Å². The van der Waals surface area contributed by atoms with Gasteiger partial charge in [-0.3, -0.25) is 0 Å². The van der Waals surface area contributed by atoms with Crippen LogP contribution in [-0.2, 0) is 0 Å². The number of hydrogen-bond donors (Lipinski definition) is 0. The van der Waals surface area contributed by atoms with Gasteiger partial charge in [0.15, 0.2) is 0 Å². The quantitative estimate of drug-likeness (QED) is 0.356. The second-order valence-corrected chi connectivity index (χ2v) is 6.13. The number of hydrogen-bond acceptors (Lipinski definition) is 0. The van der Waals surface area contributed by atoms with Crippen LogP contribution in [0.15, 0.2) is 30.3 Å². The van der Waals surface area contributed by atoms with Gasteiger partial charge in [0.25, 0.3) is 0 Å². The number of unbranched alkanes of at least 4 members (excludes halogenated alkanes) is 8. The zero-order chi connectivity index (χ0) is 14.5. The highest BCUT2D eigenvalue weighted by atomic mass is 14.1. The highest BCUT2D eigenvalue weighted by Gasteiger charge is 2.07. The Morgan fingerprint density at radius 3 is 1.80 bits per heavy atom. The first-order chi connectivity index (χ1) is 9.88. The average Bonchev–Trinajstić information content (AvgIpc) is 2.50. The van der Waals surface area contributed by atoms with Crippen LogP contribution in [0.1, 0.15) is 96.0 Å². The molecular weight excluding hydrogens is 240 g/mol. The molecular formula is C20H34. The van der Waals surface area contributed by atoms with Crippen LogP contribution in [0.5, 0.6) is 0 Å². The van der Waals surface area contributed by atoms with Crippen LogP contribution in [0.4, 0.5) is 0 Å². The predicted octanol–water partition coefficient (Wildman–Crippen LogP) is 7.10. The molecule has 0 aliphatic rings. The van der Waals surface area contributed by atoms with E-state index in [1.807, 2.05) is 0 Å². The average molecular weight is 274 g/mol. The Morgan fingerprint density at radius 1 is 0.700 bits per heavy atom. The zero-order valence-corrected chi connectivity index (χ0v) is 13.7. The Hall–Kier alpha value is -0.780. The first kappa shape index (κ1) is 17.3. The van der Waals surface area contributed by atoms with E-state index in [2.05, 4.69) is 44.2 Å². The summed E-state index contributed by atoms with van der Waals surface area (Å²) in [4.78, 5) is 0. The van der Waals surface area contributed by atoms with Crippen LogP contribution in [-0.4, -0.2) is 0 Å². The molecule has 1 aromatic carbocycles. The molecule has 0 spiro atoms. The van der Waals surface area contributed by atoms with E-state index in [1.165, 1.54) is 76.2 Å². The summed E-state index contributed by atoms with van der Waals surface area (Å²) in [6.45, 7) is 4.61. The van der Waals surface area contributed by atoms with Crippen molar-refractivity contribution in [3.8, 4) is 0 Å². The summed E-state index contributed by atoms with van der Waals surface area (Å²) in [6, 6.07) is 11.1. The molecule has 0 nitrogen and oxygen atoms in total. The van der Waals surface area contributed by atoms with Gasteiger partial charge in [-0.1, -0.05) is 102 Å². The summed E-state index contributed by atoms with van der Waals surface area (Å²) >= 11 is 0. The molecule has 20 heavy (non-hydrogen) atoms. The largest absolute Gasteiger partial charge is 0.0654 e. The fourth-order valence-electron chi connectivity index (χ4n) is 3.03. The van der Waals surface area contributed by atoms with Crippen molar-refractivity contribution in [3.63, 3.8) is 0 Å². The summed E-state index contributed by atoms with van der Waals surface area (Å²) in [7, 11) is 0. The normalized spacial score (nSPS) is 12.5. The second kappa shape index (κ2) is 12.0. The lowest BCUT2D eigenvalue weighted by atomic mass is 9.91. The Kier molecular flexibility index (Phi) is 10.4. The fourth-order valence-corrected chi connectivity index (χ4v) is 3.03. The number of benzene rings is 1. The first-order valence-electron chi connectivity index (χ1n) is 8.93. The SMILES string of the molecule is CCCCCCCCCCCC(CC)c1ccccc1. The molecule has 0 bridgehead atoms. The van der Waals surface area contributed by atoms with Gasteiger partial charge in [-0.25, -0.2) is 0 Å². The van der Waals surface area contributed by atoms with Crippen molar-refractivity contribution in [1.29, 1.82) is 0 Å². The molecule has 0 amide bonds. The molecule has 0 aromatic heterocycles. The lowest BCUT2D eigenvalue weighted by Gasteiger charge is -2.15. The van der Waals surface area contributed by atoms with E-state index in [4.69, 9.17) is 0 Å². The zero-order valence-electron chi connectivity index (χ0n) is 13.7. The molecule has 1 rings (SSSR count). The standard InChI is InChI=1S/C20H34/c1-3-5-6-7-8-9-10-11-13-16-19(4-2)20-17-14-12-15-18-20/h12,14-15,17-19H,3-11,13,16H2,1-2H3. The molecule has 0 N–H and O–H groups in total. The van der Waals surface area contributed by atoms with E-state index < -0.39 is 0 Å². The maximum Gasteiger partial charge on any atom is -0.0165 e. The van der Waals surface area contributed by atoms with E-state index in [0.717, 1.165) is 5.92 Å². The topological polar surface area (TPSA) is 0 Å². The van der Waals surface area contributed by atoms with Gasteiger partial charge in [-0.15, -0.1) is 0 Å². The van der Waals surface area contributed by atoms with Crippen LogP contribution in [0.3, 0.4) is 0 Å². The molecule has 1 aromatic rings. The van der Waals surface area contributed by atoms with Crippen LogP contribution >= 0.6 is 0 Å². The molecule has 1 atom stereocenters. The monoisotopic (exact) mass is 274 g/mol. The first-order valence-corrected chi connectivity index (χ1v) is 8.93. The van der Waals surface area contributed by atoms with Crippen LogP contribution in [0.25, 0.3) is 0 Å². The third kappa shape index (κ3) is 7.72. The molecule has 114 valence electrons. The maximum atomic E-state index is 2.32. The van der Waals surface area contributed by atoms with Gasteiger partial charge in [0.05, 0.1) is 0 Å². The third-order valence-corrected chi connectivity index (χ3v) is 4.42. The summed E-state index contributed by atoms with van der Waals surface area (Å²) < 4.78 is 0. The molecule has 0 saturated heterocycles. The van der Waals surface area contributed by atoms with Gasteiger partial charge in [0, 0.05) is 0 Å². The van der Waals surface area contributed by atoms with Gasteiger partial charge < -0.3 is 0 Å². The van der Waals surface area contributed by atoms with E-state index >= 15 is 0 Å². The van der Waals surface area contributed by atoms with Crippen LogP contribution < -0.4 is 0 Å². The van der Waals surface area contributed by atoms with Gasteiger partial charge in [-0.2, -0.15) is 0 Å². The van der Waals surface area contributed by atoms with Crippen molar-refractivity contribution in [3.05, 3.63) is 35.9 Å². The van der Waals surface area contributed by atoms with Crippen LogP contribution in [0, 0.1) is 0 Å². The highest BCUT2D eigenvalue weighted by molar-refractivity contribution is 5.19. The Balaban J connectivity index is 2.02. The summed E-state index contributed by atoms with van der Waals surface area (Å²) in [5.41, 5.74) is 1.54. The molecule has 0 aliphatic carbocycles. The van der Waals surface area contributed by atoms with E-state index in [-0.39, 0.29) is 0 Å². The Bertz CT molecular complexity index is 301. The van der Waals surface area contributed by atoms with E-state index in [9.17, 15) is 0 Å². The Labute approximate surface area is 127 Å². The minimum Gasteiger partial charge on any atom is -0.0654 e. The molecule has 1 unspecified atom stereocenters. The third-order valence-electron chi connectivity index (χ3n) is 4.42. The lowest BCUT2D eigenvalue weighted by Crippen LogP contribution is -1.97. The fraction of sp³-hybridized carbons (Fsp3) is 0.700. The molecule has 0 saturated carbocycles. The maximum absolute atomic E-state index is 2.32. The van der Waals surface area contributed by atoms with Gasteiger partial charge in [0.1, 0.15) is 0 Å². The number of rotatable bonds is 12. The highest BCUT2D eigenvalue weighted by Crippen LogP contribution is 2.25. The van der Waals surface area contributed by atoms with Gasteiger partial charge in [-0.05, 0) is 24.3 Å². The van der Waals surface area contributed by atoms with Crippen molar-refractivity contribution in [2.24, 2.45) is 0 Å². The Morgan fingerprint density at radius 2 is 1.25 bits per heavy atom. The lowest BCUT2D eigenvalue weighted by molar-refractivity contribution is 0.520.